The highest BCUT2D eigenvalue weighted by atomic mass is 32.1. The number of nitrogens with one attached hydrogen (secondary N) is 2. The molecule has 0 saturated carbocycles. The second kappa shape index (κ2) is 4.82. The first-order valence-corrected chi connectivity index (χ1v) is 6.82. The highest BCUT2D eigenvalue weighted by Gasteiger charge is 2.06. The van der Waals surface area contributed by atoms with Gasteiger partial charge < -0.3 is 5.32 Å². The van der Waals surface area contributed by atoms with E-state index < -0.39 is 0 Å². The molecule has 1 heterocycles. The smallest absolute Gasteiger partial charge is 0.124 e. The van der Waals surface area contributed by atoms with Gasteiger partial charge in [-0.3, -0.25) is 5.41 Å². The number of hydrogen-bond donors (Lipinski definition) is 2. The summed E-state index contributed by atoms with van der Waals surface area (Å²) in [4.78, 5) is 4.66. The van der Waals surface area contributed by atoms with E-state index in [0.717, 1.165) is 26.5 Å². The first-order valence-electron chi connectivity index (χ1n) is 6.00. The summed E-state index contributed by atoms with van der Waals surface area (Å²) in [6.45, 7) is 1.72. The van der Waals surface area contributed by atoms with Crippen molar-refractivity contribution >= 4 is 33.1 Å². The molecule has 3 aromatic rings. The minimum Gasteiger partial charge on any atom is -0.344 e. The molecule has 0 spiro atoms. The lowest BCUT2D eigenvalue weighted by atomic mass is 10.2. The molecule has 0 atom stereocenters. The predicted molar refractivity (Wildman–Crippen MR) is 82.1 cm³/mol. The molecule has 0 aliphatic carbocycles. The van der Waals surface area contributed by atoms with E-state index in [1.165, 1.54) is 0 Å². The average Bonchev–Trinajstić information content (AvgIpc) is 2.82. The van der Waals surface area contributed by atoms with E-state index in [1.807, 2.05) is 36.4 Å². The Morgan fingerprint density at radius 2 is 1.95 bits per heavy atom. The second-order valence-electron chi connectivity index (χ2n) is 4.32. The number of amidine groups is 1. The van der Waals surface area contributed by atoms with Gasteiger partial charge in [0.15, 0.2) is 0 Å². The van der Waals surface area contributed by atoms with E-state index in [1.54, 1.807) is 18.3 Å². The average molecular weight is 267 g/mol. The van der Waals surface area contributed by atoms with Gasteiger partial charge in [0.25, 0.3) is 0 Å². The minimum absolute atomic E-state index is 0.429. The van der Waals surface area contributed by atoms with Gasteiger partial charge in [0.05, 0.1) is 16.1 Å². The zero-order valence-electron chi connectivity index (χ0n) is 10.5. The molecule has 0 aliphatic heterocycles. The summed E-state index contributed by atoms with van der Waals surface area (Å²) < 4.78 is 1.16. The van der Waals surface area contributed by atoms with Crippen molar-refractivity contribution in [3.63, 3.8) is 0 Å². The molecule has 2 aromatic carbocycles. The second-order valence-corrected chi connectivity index (χ2v) is 5.35. The van der Waals surface area contributed by atoms with Gasteiger partial charge >= 0.3 is 0 Å². The van der Waals surface area contributed by atoms with Crippen LogP contribution in [0.15, 0.2) is 48.5 Å². The number of benzene rings is 2. The largest absolute Gasteiger partial charge is 0.344 e. The van der Waals surface area contributed by atoms with Crippen LogP contribution in [0.4, 0.5) is 5.69 Å². The molecule has 0 fully saturated rings. The van der Waals surface area contributed by atoms with Crippen LogP contribution in [-0.4, -0.2) is 10.8 Å². The molecule has 94 valence electrons. The first-order chi connectivity index (χ1) is 9.22. The van der Waals surface area contributed by atoms with Crippen molar-refractivity contribution in [1.82, 2.24) is 4.98 Å². The summed E-state index contributed by atoms with van der Waals surface area (Å²) in [6.07, 6.45) is 0. The van der Waals surface area contributed by atoms with Gasteiger partial charge in [-0.25, -0.2) is 4.98 Å². The van der Waals surface area contributed by atoms with Crippen LogP contribution in [-0.2, 0) is 0 Å². The summed E-state index contributed by atoms with van der Waals surface area (Å²) in [7, 11) is 0. The van der Waals surface area contributed by atoms with Crippen LogP contribution >= 0.6 is 11.3 Å². The van der Waals surface area contributed by atoms with E-state index in [2.05, 4.69) is 22.4 Å². The predicted octanol–water partition coefficient (Wildman–Crippen LogP) is 4.37. The fourth-order valence-corrected chi connectivity index (χ4v) is 2.88. The molecule has 4 heteroatoms. The van der Waals surface area contributed by atoms with Crippen LogP contribution in [0, 0.1) is 5.41 Å². The van der Waals surface area contributed by atoms with Gasteiger partial charge in [0.1, 0.15) is 5.01 Å². The zero-order chi connectivity index (χ0) is 13.2. The number of hydrogen-bond acceptors (Lipinski definition) is 3. The number of rotatable bonds is 2. The van der Waals surface area contributed by atoms with Crippen molar-refractivity contribution < 1.29 is 0 Å². The van der Waals surface area contributed by atoms with Gasteiger partial charge in [-0.15, -0.1) is 11.3 Å². The van der Waals surface area contributed by atoms with Crippen LogP contribution < -0.4 is 5.32 Å². The van der Waals surface area contributed by atoms with Crippen molar-refractivity contribution in [2.24, 2.45) is 0 Å². The molecule has 3 nitrogen and oxygen atoms in total. The van der Waals surface area contributed by atoms with E-state index in [-0.39, 0.29) is 0 Å². The van der Waals surface area contributed by atoms with Crippen LogP contribution in [0.5, 0.6) is 0 Å². The van der Waals surface area contributed by atoms with E-state index in [0.29, 0.717) is 5.84 Å². The van der Waals surface area contributed by atoms with Crippen LogP contribution in [0.25, 0.3) is 20.8 Å². The Morgan fingerprint density at radius 3 is 2.68 bits per heavy atom. The monoisotopic (exact) mass is 267 g/mol. The summed E-state index contributed by atoms with van der Waals surface area (Å²) in [5, 5.41) is 11.5. The third-order valence-corrected chi connectivity index (χ3v) is 3.83. The summed E-state index contributed by atoms with van der Waals surface area (Å²) in [6, 6.07) is 16.2. The number of thiazole rings is 1. The Hall–Kier alpha value is -2.20. The van der Waals surface area contributed by atoms with Gasteiger partial charge in [-0.2, -0.15) is 0 Å². The molecule has 0 amide bonds. The molecule has 0 bridgehead atoms. The quantitative estimate of drug-likeness (QED) is 0.535. The zero-order valence-corrected chi connectivity index (χ0v) is 11.3. The Balaban J connectivity index is 2.04. The molecular weight excluding hydrogens is 254 g/mol. The maximum atomic E-state index is 7.45. The molecule has 0 aliphatic rings. The van der Waals surface area contributed by atoms with Crippen molar-refractivity contribution in [2.75, 3.05) is 5.32 Å². The van der Waals surface area contributed by atoms with Gasteiger partial charge in [0, 0.05) is 11.3 Å². The Labute approximate surface area is 115 Å². The van der Waals surface area contributed by atoms with Crippen molar-refractivity contribution in [3.8, 4) is 10.6 Å². The summed E-state index contributed by atoms with van der Waals surface area (Å²) in [5.41, 5.74) is 3.02. The molecule has 0 saturated heterocycles. The molecule has 0 unspecified atom stereocenters. The molecule has 2 N–H and O–H groups in total. The Morgan fingerprint density at radius 1 is 1.16 bits per heavy atom. The number of aromatic nitrogens is 1. The first kappa shape index (κ1) is 11.9. The third-order valence-electron chi connectivity index (χ3n) is 2.74. The molecule has 1 aromatic heterocycles. The number of nitrogens with zero attached hydrogens (tertiary/aromatic N) is 1. The van der Waals surface area contributed by atoms with Gasteiger partial charge in [0.2, 0.25) is 0 Å². The minimum atomic E-state index is 0.429. The summed E-state index contributed by atoms with van der Waals surface area (Å²) >= 11 is 1.69. The van der Waals surface area contributed by atoms with E-state index in [4.69, 9.17) is 5.41 Å². The van der Waals surface area contributed by atoms with Crippen LogP contribution in [0.3, 0.4) is 0 Å². The van der Waals surface area contributed by atoms with Crippen molar-refractivity contribution in [2.45, 2.75) is 6.92 Å². The normalized spacial score (nSPS) is 10.6. The fraction of sp³-hybridized carbons (Fsp3) is 0.0667. The third kappa shape index (κ3) is 2.48. The van der Waals surface area contributed by atoms with Crippen LogP contribution in [0.2, 0.25) is 0 Å². The highest BCUT2D eigenvalue weighted by molar-refractivity contribution is 7.21. The van der Waals surface area contributed by atoms with Crippen molar-refractivity contribution in [3.05, 3.63) is 48.5 Å². The maximum absolute atomic E-state index is 7.45. The molecular formula is C15H13N3S. The molecule has 3 rings (SSSR count). The van der Waals surface area contributed by atoms with Gasteiger partial charge in [-0.05, 0) is 25.1 Å². The standard InChI is InChI=1S/C15H13N3S/c1-10(16)17-12-7-8-14-13(9-12)18-15(19-14)11-5-3-2-4-6-11/h2-9H,1H3,(H2,16,17). The number of anilines is 1. The Bertz CT molecular complexity index is 731. The topological polar surface area (TPSA) is 48.8 Å². The van der Waals surface area contributed by atoms with E-state index >= 15 is 0 Å². The SMILES string of the molecule is CC(=N)Nc1ccc2sc(-c3ccccc3)nc2c1. The highest BCUT2D eigenvalue weighted by Crippen LogP contribution is 2.31. The lowest BCUT2D eigenvalue weighted by Gasteiger charge is -2.02. The number of fused-ring (bicyclic) bond motifs is 1. The maximum Gasteiger partial charge on any atom is 0.124 e. The van der Waals surface area contributed by atoms with Crippen molar-refractivity contribution in [1.29, 1.82) is 5.41 Å². The lowest BCUT2D eigenvalue weighted by molar-refractivity contribution is 1.44. The molecule has 0 radical (unpaired) electrons. The summed E-state index contributed by atoms with van der Waals surface area (Å²) in [5.74, 6) is 0.429. The van der Waals surface area contributed by atoms with Crippen LogP contribution in [0.1, 0.15) is 6.92 Å². The Kier molecular flexibility index (Phi) is 3.01. The van der Waals surface area contributed by atoms with Gasteiger partial charge in [-0.1, -0.05) is 30.3 Å². The lowest BCUT2D eigenvalue weighted by Crippen LogP contribution is -2.04. The molecule has 19 heavy (non-hydrogen) atoms. The van der Waals surface area contributed by atoms with E-state index in [9.17, 15) is 0 Å². The fourth-order valence-electron chi connectivity index (χ4n) is 1.93.